The number of rotatable bonds is 2. The van der Waals surface area contributed by atoms with Gasteiger partial charge in [-0.05, 0) is 44.5 Å². The second kappa shape index (κ2) is 6.03. The van der Waals surface area contributed by atoms with Crippen LogP contribution in [0.4, 0.5) is 0 Å². The molecule has 0 bridgehead atoms. The van der Waals surface area contributed by atoms with Gasteiger partial charge in [0.05, 0.1) is 10.6 Å². The maximum atomic E-state index is 12.0. The van der Waals surface area contributed by atoms with E-state index in [2.05, 4.69) is 10.6 Å². The molecule has 1 fully saturated rings. The molecule has 4 heteroatoms. The van der Waals surface area contributed by atoms with Crippen molar-refractivity contribution in [2.45, 2.75) is 25.3 Å². The molecule has 0 aliphatic carbocycles. The topological polar surface area (TPSA) is 41.1 Å². The van der Waals surface area contributed by atoms with Gasteiger partial charge in [0.15, 0.2) is 0 Å². The molecular weight excluding hydrogens is 236 g/mol. The van der Waals surface area contributed by atoms with Gasteiger partial charge in [0.1, 0.15) is 0 Å². The summed E-state index contributed by atoms with van der Waals surface area (Å²) in [6.45, 7) is 2.01. The van der Waals surface area contributed by atoms with E-state index in [0.29, 0.717) is 10.6 Å². The highest BCUT2D eigenvalue weighted by Gasteiger charge is 2.16. The van der Waals surface area contributed by atoms with E-state index in [1.165, 1.54) is 0 Å². The van der Waals surface area contributed by atoms with E-state index >= 15 is 0 Å². The molecule has 0 spiro atoms. The molecule has 1 aliphatic heterocycles. The summed E-state index contributed by atoms with van der Waals surface area (Å²) in [4.78, 5) is 12.0. The van der Waals surface area contributed by atoms with Crippen LogP contribution in [0.1, 0.15) is 29.6 Å². The summed E-state index contributed by atoms with van der Waals surface area (Å²) < 4.78 is 0. The van der Waals surface area contributed by atoms with Gasteiger partial charge in [0, 0.05) is 6.04 Å². The quantitative estimate of drug-likeness (QED) is 0.847. The first-order chi connectivity index (χ1) is 8.27. The van der Waals surface area contributed by atoms with Gasteiger partial charge in [0.25, 0.3) is 5.91 Å². The van der Waals surface area contributed by atoms with Gasteiger partial charge in [-0.3, -0.25) is 4.79 Å². The molecular formula is C13H17ClN2O. The van der Waals surface area contributed by atoms with Gasteiger partial charge >= 0.3 is 0 Å². The van der Waals surface area contributed by atoms with Crippen molar-refractivity contribution in [1.29, 1.82) is 0 Å². The molecule has 1 unspecified atom stereocenters. The Balaban J connectivity index is 1.98. The molecule has 1 aromatic carbocycles. The monoisotopic (exact) mass is 252 g/mol. The van der Waals surface area contributed by atoms with Crippen molar-refractivity contribution in [3.05, 3.63) is 34.9 Å². The van der Waals surface area contributed by atoms with Crippen LogP contribution in [0.3, 0.4) is 0 Å². The fourth-order valence-corrected chi connectivity index (χ4v) is 2.29. The Labute approximate surface area is 107 Å². The number of hydrogen-bond acceptors (Lipinski definition) is 2. The normalized spacial score (nSPS) is 20.6. The molecule has 17 heavy (non-hydrogen) atoms. The molecule has 0 aromatic heterocycles. The Bertz CT molecular complexity index is 387. The summed E-state index contributed by atoms with van der Waals surface area (Å²) in [7, 11) is 0. The average Bonchev–Trinajstić information content (AvgIpc) is 2.58. The van der Waals surface area contributed by atoms with Crippen LogP contribution in [0.15, 0.2) is 24.3 Å². The van der Waals surface area contributed by atoms with E-state index in [1.807, 2.05) is 12.1 Å². The number of amides is 1. The van der Waals surface area contributed by atoms with E-state index in [4.69, 9.17) is 11.6 Å². The Kier molecular flexibility index (Phi) is 4.40. The summed E-state index contributed by atoms with van der Waals surface area (Å²) in [6.07, 6.45) is 3.12. The number of nitrogens with one attached hydrogen (secondary N) is 2. The van der Waals surface area contributed by atoms with Gasteiger partial charge in [-0.1, -0.05) is 23.7 Å². The SMILES string of the molecule is O=C(NC1CCCNCC1)c1ccccc1Cl. The molecule has 0 radical (unpaired) electrons. The van der Waals surface area contributed by atoms with Crippen LogP contribution >= 0.6 is 11.6 Å². The summed E-state index contributed by atoms with van der Waals surface area (Å²) in [5, 5.41) is 6.89. The fraction of sp³-hybridized carbons (Fsp3) is 0.462. The van der Waals surface area contributed by atoms with Gasteiger partial charge in [-0.15, -0.1) is 0 Å². The number of hydrogen-bond donors (Lipinski definition) is 2. The third-order valence-corrected chi connectivity index (χ3v) is 3.36. The first kappa shape index (κ1) is 12.4. The smallest absolute Gasteiger partial charge is 0.253 e. The lowest BCUT2D eigenvalue weighted by Gasteiger charge is -2.16. The van der Waals surface area contributed by atoms with Crippen molar-refractivity contribution in [2.24, 2.45) is 0 Å². The van der Waals surface area contributed by atoms with Gasteiger partial charge in [-0.25, -0.2) is 0 Å². The third kappa shape index (κ3) is 3.45. The van der Waals surface area contributed by atoms with Gasteiger partial charge in [0.2, 0.25) is 0 Å². The predicted octanol–water partition coefficient (Wildman–Crippen LogP) is 2.21. The van der Waals surface area contributed by atoms with Crippen LogP contribution in [0.2, 0.25) is 5.02 Å². The zero-order chi connectivity index (χ0) is 12.1. The van der Waals surface area contributed by atoms with Crippen molar-refractivity contribution in [3.63, 3.8) is 0 Å². The summed E-state index contributed by atoms with van der Waals surface area (Å²) in [5.41, 5.74) is 0.561. The maximum absolute atomic E-state index is 12.0. The Morgan fingerprint density at radius 2 is 2.12 bits per heavy atom. The van der Waals surface area contributed by atoms with Crippen LogP contribution in [-0.2, 0) is 0 Å². The van der Waals surface area contributed by atoms with E-state index in [0.717, 1.165) is 32.4 Å². The van der Waals surface area contributed by atoms with E-state index < -0.39 is 0 Å². The highest BCUT2D eigenvalue weighted by Crippen LogP contribution is 2.15. The summed E-state index contributed by atoms with van der Waals surface area (Å²) >= 11 is 6.00. The van der Waals surface area contributed by atoms with Crippen molar-refractivity contribution < 1.29 is 4.79 Å². The molecule has 2 N–H and O–H groups in total. The van der Waals surface area contributed by atoms with Crippen LogP contribution in [-0.4, -0.2) is 25.0 Å². The standard InChI is InChI=1S/C13H17ClN2O/c14-12-6-2-1-5-11(12)13(17)16-10-4-3-8-15-9-7-10/h1-2,5-6,10,15H,3-4,7-9H2,(H,16,17). The number of benzene rings is 1. The molecule has 1 aliphatic rings. The molecule has 1 aromatic rings. The van der Waals surface area contributed by atoms with Crippen LogP contribution < -0.4 is 10.6 Å². The predicted molar refractivity (Wildman–Crippen MR) is 69.4 cm³/mol. The van der Waals surface area contributed by atoms with Crippen LogP contribution in [0, 0.1) is 0 Å². The second-order valence-electron chi connectivity index (χ2n) is 4.33. The fourth-order valence-electron chi connectivity index (χ4n) is 2.07. The molecule has 1 amide bonds. The largest absolute Gasteiger partial charge is 0.349 e. The lowest BCUT2D eigenvalue weighted by molar-refractivity contribution is 0.0934. The first-order valence-corrected chi connectivity index (χ1v) is 6.41. The van der Waals surface area contributed by atoms with E-state index in [9.17, 15) is 4.79 Å². The minimum Gasteiger partial charge on any atom is -0.349 e. The molecule has 1 atom stereocenters. The van der Waals surface area contributed by atoms with E-state index in [1.54, 1.807) is 12.1 Å². The first-order valence-electron chi connectivity index (χ1n) is 6.03. The van der Waals surface area contributed by atoms with Crippen molar-refractivity contribution >= 4 is 17.5 Å². The lowest BCUT2D eigenvalue weighted by Crippen LogP contribution is -2.35. The Morgan fingerprint density at radius 3 is 2.94 bits per heavy atom. The number of carbonyl (C=O) groups excluding carboxylic acids is 1. The van der Waals surface area contributed by atoms with Gasteiger partial charge in [-0.2, -0.15) is 0 Å². The molecule has 2 rings (SSSR count). The molecule has 1 saturated heterocycles. The maximum Gasteiger partial charge on any atom is 0.253 e. The highest BCUT2D eigenvalue weighted by molar-refractivity contribution is 6.33. The van der Waals surface area contributed by atoms with Gasteiger partial charge < -0.3 is 10.6 Å². The van der Waals surface area contributed by atoms with E-state index in [-0.39, 0.29) is 11.9 Å². The van der Waals surface area contributed by atoms with Crippen LogP contribution in [0.25, 0.3) is 0 Å². The molecule has 1 heterocycles. The lowest BCUT2D eigenvalue weighted by atomic mass is 10.1. The molecule has 92 valence electrons. The molecule has 3 nitrogen and oxygen atoms in total. The van der Waals surface area contributed by atoms with Crippen molar-refractivity contribution in [1.82, 2.24) is 10.6 Å². The minimum atomic E-state index is -0.0671. The highest BCUT2D eigenvalue weighted by atomic mass is 35.5. The average molecular weight is 253 g/mol. The van der Waals surface area contributed by atoms with Crippen molar-refractivity contribution in [2.75, 3.05) is 13.1 Å². The van der Waals surface area contributed by atoms with Crippen molar-refractivity contribution in [3.8, 4) is 0 Å². The van der Waals surface area contributed by atoms with Crippen LogP contribution in [0.5, 0.6) is 0 Å². The number of carbonyl (C=O) groups is 1. The molecule has 0 saturated carbocycles. The minimum absolute atomic E-state index is 0.0671. The number of halogens is 1. The summed E-state index contributed by atoms with van der Waals surface area (Å²) in [6, 6.07) is 7.41. The Morgan fingerprint density at radius 1 is 1.29 bits per heavy atom. The summed E-state index contributed by atoms with van der Waals surface area (Å²) in [5.74, 6) is -0.0671. The Hall–Kier alpha value is -1.06. The zero-order valence-electron chi connectivity index (χ0n) is 9.71. The third-order valence-electron chi connectivity index (χ3n) is 3.03. The second-order valence-corrected chi connectivity index (χ2v) is 4.74. The zero-order valence-corrected chi connectivity index (χ0v) is 10.5.